The van der Waals surface area contributed by atoms with Crippen LogP contribution in [0.15, 0.2) is 42.5 Å². The number of carbonyl (C=O) groups is 1. The molecule has 0 aromatic heterocycles. The summed E-state index contributed by atoms with van der Waals surface area (Å²) in [4.78, 5) is 13.0. The largest absolute Gasteiger partial charge is 0.444 e. The van der Waals surface area contributed by atoms with Crippen molar-refractivity contribution in [3.63, 3.8) is 0 Å². The summed E-state index contributed by atoms with van der Waals surface area (Å²) < 4.78 is 24.0. The minimum Gasteiger partial charge on any atom is -0.444 e. The summed E-state index contributed by atoms with van der Waals surface area (Å²) in [5, 5.41) is 3.20. The summed E-state index contributed by atoms with van der Waals surface area (Å²) in [6.07, 6.45) is 11.5. The molecule has 226 valence electrons. The highest BCUT2D eigenvalue weighted by atomic mass is 31.2. The molecular weight excluding hydrogens is 533 g/mol. The molecule has 1 heterocycles. The minimum absolute atomic E-state index is 0.186. The number of aryl methyl sites for hydroxylation is 2. The van der Waals surface area contributed by atoms with E-state index in [1.165, 1.54) is 55.2 Å². The lowest BCUT2D eigenvalue weighted by atomic mass is 9.73. The van der Waals surface area contributed by atoms with Gasteiger partial charge in [-0.2, -0.15) is 0 Å². The van der Waals surface area contributed by atoms with Gasteiger partial charge in [0.15, 0.2) is 0 Å². The quantitative estimate of drug-likeness (QED) is 0.200. The first-order valence-corrected chi connectivity index (χ1v) is 16.6. The maximum atomic E-state index is 13.0. The maximum Gasteiger partial charge on any atom is 0.408 e. The molecule has 6 nitrogen and oxygen atoms in total. The van der Waals surface area contributed by atoms with Gasteiger partial charge in [0.05, 0.1) is 25.4 Å². The average Bonchev–Trinajstić information content (AvgIpc) is 3.15. The van der Waals surface area contributed by atoms with Crippen LogP contribution < -0.4 is 5.32 Å². The highest BCUT2D eigenvalue weighted by Gasteiger charge is 2.40. The minimum atomic E-state index is -1.54. The Morgan fingerprint density at radius 3 is 2.29 bits per heavy atom. The van der Waals surface area contributed by atoms with Gasteiger partial charge in [-0.15, -0.1) is 0 Å². The fourth-order valence-corrected chi connectivity index (χ4v) is 6.88. The van der Waals surface area contributed by atoms with E-state index >= 15 is 0 Å². The van der Waals surface area contributed by atoms with E-state index in [0.29, 0.717) is 13.2 Å². The van der Waals surface area contributed by atoms with Gasteiger partial charge in [-0.25, -0.2) is 4.79 Å². The maximum absolute atomic E-state index is 13.0. The van der Waals surface area contributed by atoms with Gasteiger partial charge in [-0.05, 0) is 93.5 Å². The van der Waals surface area contributed by atoms with Gasteiger partial charge >= 0.3 is 14.7 Å². The second-order valence-electron chi connectivity index (χ2n) is 12.9. The summed E-state index contributed by atoms with van der Waals surface area (Å²) >= 11 is 0. The van der Waals surface area contributed by atoms with Gasteiger partial charge in [-0.1, -0.05) is 81.5 Å². The third-order valence-corrected chi connectivity index (χ3v) is 9.26. The summed E-state index contributed by atoms with van der Waals surface area (Å²) in [6.45, 7) is 11.2. The monoisotopic (exact) mass is 583 g/mol. The Bertz CT molecular complexity index is 1110. The summed E-state index contributed by atoms with van der Waals surface area (Å²) in [6, 6.07) is 15.2. The number of hydrogen-bond donors (Lipinski definition) is 1. The normalized spacial score (nSPS) is 19.0. The fourth-order valence-electron chi connectivity index (χ4n) is 5.79. The molecule has 0 bridgehead atoms. The lowest BCUT2D eigenvalue weighted by Crippen LogP contribution is -2.56. The van der Waals surface area contributed by atoms with E-state index in [-0.39, 0.29) is 12.5 Å². The van der Waals surface area contributed by atoms with Gasteiger partial charge in [-0.3, -0.25) is 0 Å². The molecule has 2 aliphatic rings. The first-order chi connectivity index (χ1) is 19.6. The van der Waals surface area contributed by atoms with Crippen LogP contribution in [0, 0.1) is 5.92 Å². The van der Waals surface area contributed by atoms with Crippen molar-refractivity contribution in [2.75, 3.05) is 6.61 Å². The molecule has 2 atom stereocenters. The molecule has 1 N–H and O–H groups in total. The van der Waals surface area contributed by atoms with Gasteiger partial charge in [0.1, 0.15) is 5.60 Å². The summed E-state index contributed by atoms with van der Waals surface area (Å²) in [7, 11) is -1.54. The molecule has 1 aliphatic carbocycles. The van der Waals surface area contributed by atoms with Crippen LogP contribution in [0.3, 0.4) is 0 Å². The Labute approximate surface area is 248 Å². The second kappa shape index (κ2) is 15.0. The number of rotatable bonds is 12. The van der Waals surface area contributed by atoms with Crippen molar-refractivity contribution < 1.29 is 23.1 Å². The van der Waals surface area contributed by atoms with E-state index in [1.807, 2.05) is 32.9 Å². The number of nitrogens with one attached hydrogen (secondary N) is 1. The van der Waals surface area contributed by atoms with Gasteiger partial charge in [0.2, 0.25) is 0 Å². The lowest BCUT2D eigenvalue weighted by molar-refractivity contribution is 0.0313. The standard InChI is InChI=1S/C34H50NO5P/c1-6-7-8-9-10-11-14-26-17-18-28-22-31(20-19-27(28)21-26)34(5,35-32(36)40-33(2,3)4)25-39-41-37-23-29-15-12-13-16-30(29)24-38-41/h12-13,15-18,21,31H,6-11,14,19-20,22-25H2,1-5H3,(H,35,36)/t31-,34+/m1/s1. The molecular formula is C34H50NO5P. The summed E-state index contributed by atoms with van der Waals surface area (Å²) in [5.41, 5.74) is 5.27. The van der Waals surface area contributed by atoms with Gasteiger partial charge in [0, 0.05) is 0 Å². The van der Waals surface area contributed by atoms with E-state index < -0.39 is 25.8 Å². The Balaban J connectivity index is 1.39. The first kappa shape index (κ1) is 31.9. The molecule has 2 aromatic carbocycles. The molecule has 0 spiro atoms. The Hall–Kier alpha value is -1.98. The van der Waals surface area contributed by atoms with Gasteiger partial charge in [0.25, 0.3) is 0 Å². The lowest BCUT2D eigenvalue weighted by Gasteiger charge is -2.41. The number of fused-ring (bicyclic) bond motifs is 2. The van der Waals surface area contributed by atoms with E-state index in [0.717, 1.165) is 36.8 Å². The van der Waals surface area contributed by atoms with Crippen LogP contribution >= 0.6 is 8.60 Å². The summed E-state index contributed by atoms with van der Waals surface area (Å²) in [5.74, 6) is 0.186. The zero-order valence-electron chi connectivity index (χ0n) is 25.8. The number of amides is 1. The Morgan fingerprint density at radius 1 is 0.927 bits per heavy atom. The van der Waals surface area contributed by atoms with Crippen molar-refractivity contribution in [1.82, 2.24) is 5.32 Å². The molecule has 7 heteroatoms. The fraction of sp³-hybridized carbons (Fsp3) is 0.618. The van der Waals surface area contributed by atoms with Crippen molar-refractivity contribution in [2.24, 2.45) is 5.92 Å². The van der Waals surface area contributed by atoms with Crippen LogP contribution in [0.5, 0.6) is 0 Å². The second-order valence-corrected chi connectivity index (χ2v) is 14.1. The van der Waals surface area contributed by atoms with E-state index in [4.69, 9.17) is 18.3 Å². The number of unbranched alkanes of at least 4 members (excludes halogenated alkanes) is 5. The molecule has 2 aromatic rings. The smallest absolute Gasteiger partial charge is 0.408 e. The average molecular weight is 584 g/mol. The first-order valence-electron chi connectivity index (χ1n) is 15.5. The zero-order valence-corrected chi connectivity index (χ0v) is 26.7. The predicted molar refractivity (Wildman–Crippen MR) is 166 cm³/mol. The van der Waals surface area contributed by atoms with E-state index in [2.05, 4.69) is 49.5 Å². The van der Waals surface area contributed by atoms with Crippen molar-refractivity contribution in [3.05, 3.63) is 70.3 Å². The van der Waals surface area contributed by atoms with Crippen molar-refractivity contribution in [3.8, 4) is 0 Å². The molecule has 1 amide bonds. The van der Waals surface area contributed by atoms with Crippen molar-refractivity contribution >= 4 is 14.7 Å². The number of alkyl carbamates (subject to hydrolysis) is 1. The number of ether oxygens (including phenoxy) is 1. The van der Waals surface area contributed by atoms with Crippen molar-refractivity contribution in [1.29, 1.82) is 0 Å². The van der Waals surface area contributed by atoms with E-state index in [9.17, 15) is 4.79 Å². The van der Waals surface area contributed by atoms with Gasteiger partial charge < -0.3 is 23.6 Å². The molecule has 0 unspecified atom stereocenters. The van der Waals surface area contributed by atoms with Crippen LogP contribution in [0.25, 0.3) is 0 Å². The van der Waals surface area contributed by atoms with E-state index in [1.54, 1.807) is 0 Å². The SMILES string of the molecule is CCCCCCCCc1ccc2c(c1)CC[C@@H]([C@](C)(COP1OCc3ccccc3CO1)NC(=O)OC(C)(C)C)C2. The third kappa shape index (κ3) is 9.78. The third-order valence-electron chi connectivity index (χ3n) is 8.24. The topological polar surface area (TPSA) is 66.0 Å². The molecule has 41 heavy (non-hydrogen) atoms. The Morgan fingerprint density at radius 2 is 1.61 bits per heavy atom. The molecule has 1 aliphatic heterocycles. The predicted octanol–water partition coefficient (Wildman–Crippen LogP) is 8.97. The highest BCUT2D eigenvalue weighted by molar-refractivity contribution is 7.41. The van der Waals surface area contributed by atoms with Crippen molar-refractivity contribution in [2.45, 2.75) is 123 Å². The van der Waals surface area contributed by atoms with Crippen LogP contribution in [0.2, 0.25) is 0 Å². The van der Waals surface area contributed by atoms with Crippen LogP contribution in [0.4, 0.5) is 4.79 Å². The van der Waals surface area contributed by atoms with Crippen LogP contribution in [-0.4, -0.2) is 23.8 Å². The zero-order chi connectivity index (χ0) is 29.3. The molecule has 0 saturated carbocycles. The highest BCUT2D eigenvalue weighted by Crippen LogP contribution is 2.46. The number of hydrogen-bond acceptors (Lipinski definition) is 5. The Kier molecular flexibility index (Phi) is 11.7. The number of benzene rings is 2. The van der Waals surface area contributed by atoms with Crippen LogP contribution in [-0.2, 0) is 50.8 Å². The molecule has 0 saturated heterocycles. The number of carbonyl (C=O) groups excluding carboxylic acids is 1. The molecule has 0 radical (unpaired) electrons. The van der Waals surface area contributed by atoms with Crippen LogP contribution in [0.1, 0.15) is 107 Å². The molecule has 4 rings (SSSR count). The molecule has 0 fully saturated rings.